The first kappa shape index (κ1) is 20.1. The number of H-pyrrole nitrogens is 1. The molecule has 2 aromatic carbocycles. The number of nitrogens with one attached hydrogen (secondary N) is 1. The average molecular weight is 432 g/mol. The molecule has 0 aliphatic carbocycles. The molecule has 1 atom stereocenters. The summed E-state index contributed by atoms with van der Waals surface area (Å²) >= 11 is 0. The maximum absolute atomic E-state index is 12.9. The zero-order valence-corrected chi connectivity index (χ0v) is 18.4. The first-order valence-corrected chi connectivity index (χ1v) is 10.8. The van der Waals surface area contributed by atoms with Crippen LogP contribution in [-0.4, -0.2) is 27.0 Å². The molecule has 4 nitrogen and oxygen atoms in total. The molecule has 2 aliphatic rings. The molecular formula is C26H26ClN3O. The SMILES string of the molecule is Cc1ccc(-c2ccn(-c3ccc4c5c([nH]c4c3)CC3CCCN3C5)c(=O)c2)cc1.Cl. The smallest absolute Gasteiger partial charge is 0.255 e. The minimum atomic E-state index is -0.00983. The van der Waals surface area contributed by atoms with Crippen molar-refractivity contribution in [3.8, 4) is 16.8 Å². The zero-order chi connectivity index (χ0) is 20.2. The number of hydrogen-bond acceptors (Lipinski definition) is 2. The largest absolute Gasteiger partial charge is 0.358 e. The van der Waals surface area contributed by atoms with Gasteiger partial charge >= 0.3 is 0 Å². The van der Waals surface area contributed by atoms with Crippen LogP contribution in [-0.2, 0) is 13.0 Å². The molecule has 0 spiro atoms. The molecule has 1 unspecified atom stereocenters. The van der Waals surface area contributed by atoms with Crippen LogP contribution in [0.1, 0.15) is 29.7 Å². The van der Waals surface area contributed by atoms with Crippen molar-refractivity contribution < 1.29 is 0 Å². The highest BCUT2D eigenvalue weighted by molar-refractivity contribution is 5.86. The first-order valence-electron chi connectivity index (χ1n) is 10.8. The second kappa shape index (κ2) is 7.70. The van der Waals surface area contributed by atoms with E-state index >= 15 is 0 Å². The summed E-state index contributed by atoms with van der Waals surface area (Å²) in [6.45, 7) is 4.34. The van der Waals surface area contributed by atoms with Crippen molar-refractivity contribution in [2.24, 2.45) is 0 Å². The van der Waals surface area contributed by atoms with Gasteiger partial charge in [0.25, 0.3) is 5.56 Å². The summed E-state index contributed by atoms with van der Waals surface area (Å²) in [6, 6.07) is 19.1. The number of pyridine rings is 1. The van der Waals surface area contributed by atoms with E-state index in [2.05, 4.69) is 59.3 Å². The highest BCUT2D eigenvalue weighted by Crippen LogP contribution is 2.34. The molecular weight excluding hydrogens is 406 g/mol. The Morgan fingerprint density at radius 3 is 2.65 bits per heavy atom. The van der Waals surface area contributed by atoms with Gasteiger partial charge in [-0.2, -0.15) is 0 Å². The number of rotatable bonds is 2. The fourth-order valence-corrected chi connectivity index (χ4v) is 5.20. The maximum atomic E-state index is 12.9. The molecule has 0 saturated carbocycles. The lowest BCUT2D eigenvalue weighted by molar-refractivity contribution is 0.227. The summed E-state index contributed by atoms with van der Waals surface area (Å²) in [5, 5.41) is 1.29. The third kappa shape index (κ3) is 3.40. The van der Waals surface area contributed by atoms with E-state index in [9.17, 15) is 4.79 Å². The van der Waals surface area contributed by atoms with Crippen LogP contribution in [0.5, 0.6) is 0 Å². The average Bonchev–Trinajstić information content (AvgIpc) is 3.35. The summed E-state index contributed by atoms with van der Waals surface area (Å²) in [6.07, 6.45) is 5.63. The van der Waals surface area contributed by atoms with E-state index in [4.69, 9.17) is 0 Å². The molecule has 5 heteroatoms. The Morgan fingerprint density at radius 1 is 1.00 bits per heavy atom. The number of aromatic nitrogens is 2. The Hall–Kier alpha value is -2.82. The molecule has 6 rings (SSSR count). The Kier molecular flexibility index (Phi) is 4.99. The number of halogens is 1. The number of nitrogens with zero attached hydrogens (tertiary/aromatic N) is 2. The van der Waals surface area contributed by atoms with Gasteiger partial charge < -0.3 is 4.98 Å². The highest BCUT2D eigenvalue weighted by Gasteiger charge is 2.31. The van der Waals surface area contributed by atoms with Gasteiger partial charge in [0, 0.05) is 47.9 Å². The van der Waals surface area contributed by atoms with Crippen LogP contribution in [0, 0.1) is 6.92 Å². The Morgan fingerprint density at radius 2 is 1.84 bits per heavy atom. The monoisotopic (exact) mass is 431 g/mol. The van der Waals surface area contributed by atoms with Gasteiger partial charge in [-0.25, -0.2) is 0 Å². The highest BCUT2D eigenvalue weighted by atomic mass is 35.5. The van der Waals surface area contributed by atoms with E-state index < -0.39 is 0 Å². The second-order valence-electron chi connectivity index (χ2n) is 8.77. The van der Waals surface area contributed by atoms with Gasteiger partial charge in [-0.3, -0.25) is 14.3 Å². The molecule has 31 heavy (non-hydrogen) atoms. The molecule has 1 fully saturated rings. The molecule has 4 aromatic rings. The molecule has 0 amide bonds. The Bertz CT molecular complexity index is 1320. The maximum Gasteiger partial charge on any atom is 0.255 e. The predicted octanol–water partition coefficient (Wildman–Crippen LogP) is 5.24. The third-order valence-corrected chi connectivity index (χ3v) is 6.86. The van der Waals surface area contributed by atoms with Crippen molar-refractivity contribution in [1.29, 1.82) is 0 Å². The lowest BCUT2D eigenvalue weighted by Gasteiger charge is -2.29. The van der Waals surface area contributed by atoms with Crippen LogP contribution in [0.2, 0.25) is 0 Å². The van der Waals surface area contributed by atoms with Crippen LogP contribution in [0.4, 0.5) is 0 Å². The molecule has 158 valence electrons. The fraction of sp³-hybridized carbons (Fsp3) is 0.269. The van der Waals surface area contributed by atoms with E-state index in [0.717, 1.165) is 35.3 Å². The van der Waals surface area contributed by atoms with E-state index in [0.29, 0.717) is 6.04 Å². The predicted molar refractivity (Wildman–Crippen MR) is 128 cm³/mol. The molecule has 0 bridgehead atoms. The van der Waals surface area contributed by atoms with Crippen LogP contribution in [0.3, 0.4) is 0 Å². The number of benzene rings is 2. The van der Waals surface area contributed by atoms with E-state index in [-0.39, 0.29) is 18.0 Å². The lowest BCUT2D eigenvalue weighted by atomic mass is 9.99. The van der Waals surface area contributed by atoms with Crippen molar-refractivity contribution in [2.75, 3.05) is 6.54 Å². The summed E-state index contributed by atoms with van der Waals surface area (Å²) in [5.74, 6) is 0. The van der Waals surface area contributed by atoms with Crippen molar-refractivity contribution in [2.45, 2.75) is 38.8 Å². The normalized spacial score (nSPS) is 17.9. The summed E-state index contributed by atoms with van der Waals surface area (Å²) in [5.41, 5.74) is 8.09. The zero-order valence-electron chi connectivity index (χ0n) is 17.6. The summed E-state index contributed by atoms with van der Waals surface area (Å²) < 4.78 is 1.73. The quantitative estimate of drug-likeness (QED) is 0.471. The van der Waals surface area contributed by atoms with Crippen molar-refractivity contribution in [3.05, 3.63) is 88.0 Å². The number of hydrogen-bond donors (Lipinski definition) is 1. The van der Waals surface area contributed by atoms with Gasteiger partial charge in [-0.05, 0) is 61.2 Å². The fourth-order valence-electron chi connectivity index (χ4n) is 5.20. The Balaban J connectivity index is 0.00000204. The standard InChI is InChI=1S/C26H25N3O.ClH/c1-17-4-6-18(7-5-17)19-10-12-29(26(30)13-19)21-8-9-22-23-16-28-11-2-3-20(28)14-25(23)27-24(22)15-21;/h4-10,12-13,15,20,27H,2-3,11,14,16H2,1H3;1H. The second-order valence-corrected chi connectivity index (χ2v) is 8.77. The van der Waals surface area contributed by atoms with Gasteiger partial charge in [0.05, 0.1) is 5.69 Å². The third-order valence-electron chi connectivity index (χ3n) is 6.86. The summed E-state index contributed by atoms with van der Waals surface area (Å²) in [7, 11) is 0. The molecule has 1 saturated heterocycles. The van der Waals surface area contributed by atoms with Gasteiger partial charge in [-0.1, -0.05) is 35.9 Å². The van der Waals surface area contributed by atoms with Gasteiger partial charge in [-0.15, -0.1) is 12.4 Å². The van der Waals surface area contributed by atoms with Crippen LogP contribution >= 0.6 is 12.4 Å². The van der Waals surface area contributed by atoms with Gasteiger partial charge in [0.2, 0.25) is 0 Å². The molecule has 0 radical (unpaired) electrons. The van der Waals surface area contributed by atoms with Crippen LogP contribution in [0.25, 0.3) is 27.7 Å². The van der Waals surface area contributed by atoms with E-state index in [1.54, 1.807) is 10.6 Å². The van der Waals surface area contributed by atoms with Crippen molar-refractivity contribution >= 4 is 23.3 Å². The van der Waals surface area contributed by atoms with Crippen molar-refractivity contribution in [1.82, 2.24) is 14.5 Å². The minimum Gasteiger partial charge on any atom is -0.358 e. The first-order chi connectivity index (χ1) is 14.7. The number of aryl methyl sites for hydroxylation is 1. The molecule has 4 heterocycles. The van der Waals surface area contributed by atoms with E-state index in [1.807, 2.05) is 12.3 Å². The minimum absolute atomic E-state index is 0. The van der Waals surface area contributed by atoms with Gasteiger partial charge in [0.15, 0.2) is 0 Å². The van der Waals surface area contributed by atoms with Crippen LogP contribution < -0.4 is 5.56 Å². The van der Waals surface area contributed by atoms with E-state index in [1.165, 1.54) is 41.6 Å². The topological polar surface area (TPSA) is 41.0 Å². The molecule has 2 aliphatic heterocycles. The van der Waals surface area contributed by atoms with Crippen LogP contribution in [0.15, 0.2) is 65.6 Å². The molecule has 1 N–H and O–H groups in total. The number of aromatic amines is 1. The van der Waals surface area contributed by atoms with Gasteiger partial charge in [0.1, 0.15) is 0 Å². The summed E-state index contributed by atoms with van der Waals surface area (Å²) in [4.78, 5) is 19.2. The number of fused-ring (bicyclic) bond motifs is 4. The molecule has 2 aromatic heterocycles. The lowest BCUT2D eigenvalue weighted by Crippen LogP contribution is -2.34. The van der Waals surface area contributed by atoms with Crippen molar-refractivity contribution in [3.63, 3.8) is 0 Å². The Labute approximate surface area is 187 Å².